The Labute approximate surface area is 163 Å². The Kier molecular flexibility index (Phi) is 7.01. The Bertz CT molecular complexity index is 725. The maximum Gasteiger partial charge on any atom is 0.189 e. The van der Waals surface area contributed by atoms with Gasteiger partial charge in [0.25, 0.3) is 0 Å². The van der Waals surface area contributed by atoms with Gasteiger partial charge in [-0.15, -0.1) is 24.0 Å². The highest BCUT2D eigenvalue weighted by atomic mass is 127. The van der Waals surface area contributed by atoms with Crippen LogP contribution < -0.4 is 15.8 Å². The highest BCUT2D eigenvalue weighted by molar-refractivity contribution is 14.0. The molecular formula is C18H21FIN3O2. The van der Waals surface area contributed by atoms with Crippen molar-refractivity contribution in [3.8, 4) is 5.75 Å². The number of guanidine groups is 1. The van der Waals surface area contributed by atoms with E-state index in [1.54, 1.807) is 0 Å². The number of nitrogens with one attached hydrogen (secondary N) is 1. The third kappa shape index (κ3) is 5.05. The summed E-state index contributed by atoms with van der Waals surface area (Å²) in [5, 5.41) is 13.3. The second kappa shape index (κ2) is 9.00. The van der Waals surface area contributed by atoms with E-state index in [4.69, 9.17) is 10.5 Å². The SMILES string of the molecule is I.NC(=NCC(O)c1ccc(F)cc1)NC1CCOc2ccccc21. The maximum atomic E-state index is 12.9. The number of ether oxygens (including phenoxy) is 1. The smallest absolute Gasteiger partial charge is 0.189 e. The molecule has 2 atom stereocenters. The molecule has 0 saturated carbocycles. The van der Waals surface area contributed by atoms with Crippen molar-refractivity contribution >= 4 is 29.9 Å². The van der Waals surface area contributed by atoms with Gasteiger partial charge in [-0.2, -0.15) is 0 Å². The van der Waals surface area contributed by atoms with Crippen molar-refractivity contribution in [3.05, 3.63) is 65.5 Å². The standard InChI is InChI=1S/C18H20FN3O2.HI/c19-13-7-5-12(6-8-13)16(23)11-21-18(20)22-15-9-10-24-17-4-2-1-3-14(15)17;/h1-8,15-16,23H,9-11H2,(H3,20,21,22);1H. The Hall–Kier alpha value is -1.87. The number of rotatable bonds is 4. The van der Waals surface area contributed by atoms with Crippen LogP contribution in [-0.2, 0) is 0 Å². The molecule has 25 heavy (non-hydrogen) atoms. The van der Waals surface area contributed by atoms with Gasteiger partial charge in [-0.05, 0) is 23.8 Å². The summed E-state index contributed by atoms with van der Waals surface area (Å²) >= 11 is 0. The number of benzene rings is 2. The number of hydrogen-bond acceptors (Lipinski definition) is 3. The van der Waals surface area contributed by atoms with Crippen LogP contribution in [0.15, 0.2) is 53.5 Å². The number of aliphatic hydroxyl groups is 1. The Balaban J connectivity index is 0.00000225. The lowest BCUT2D eigenvalue weighted by atomic mass is 10.0. The lowest BCUT2D eigenvalue weighted by Crippen LogP contribution is -2.37. The van der Waals surface area contributed by atoms with E-state index >= 15 is 0 Å². The maximum absolute atomic E-state index is 12.9. The summed E-state index contributed by atoms with van der Waals surface area (Å²) < 4.78 is 18.5. The predicted octanol–water partition coefficient (Wildman–Crippen LogP) is 2.91. The summed E-state index contributed by atoms with van der Waals surface area (Å²) in [6, 6.07) is 13.5. The number of fused-ring (bicyclic) bond motifs is 1. The minimum atomic E-state index is -0.826. The summed E-state index contributed by atoms with van der Waals surface area (Å²) in [7, 11) is 0. The monoisotopic (exact) mass is 457 g/mol. The average Bonchev–Trinajstić information content (AvgIpc) is 2.61. The molecule has 0 amide bonds. The molecule has 5 nitrogen and oxygen atoms in total. The minimum Gasteiger partial charge on any atom is -0.493 e. The summed E-state index contributed by atoms with van der Waals surface area (Å²) in [6.07, 6.45) is -0.0405. The molecule has 1 heterocycles. The first-order chi connectivity index (χ1) is 11.6. The number of nitrogens with two attached hydrogens (primary N) is 1. The van der Waals surface area contributed by atoms with Crippen LogP contribution >= 0.6 is 24.0 Å². The molecule has 2 aromatic rings. The van der Waals surface area contributed by atoms with E-state index in [0.717, 1.165) is 17.7 Å². The molecule has 0 radical (unpaired) electrons. The highest BCUT2D eigenvalue weighted by Gasteiger charge is 2.21. The topological polar surface area (TPSA) is 79.9 Å². The predicted molar refractivity (Wildman–Crippen MR) is 106 cm³/mol. The molecule has 1 aliphatic rings. The molecule has 2 unspecified atom stereocenters. The van der Waals surface area contributed by atoms with E-state index in [2.05, 4.69) is 10.3 Å². The second-order valence-electron chi connectivity index (χ2n) is 5.67. The van der Waals surface area contributed by atoms with Gasteiger partial charge in [-0.3, -0.25) is 4.99 Å². The second-order valence-corrected chi connectivity index (χ2v) is 5.67. The molecule has 1 aliphatic heterocycles. The van der Waals surface area contributed by atoms with Crippen molar-refractivity contribution in [3.63, 3.8) is 0 Å². The first-order valence-corrected chi connectivity index (χ1v) is 7.85. The van der Waals surface area contributed by atoms with Crippen LogP contribution in [0.25, 0.3) is 0 Å². The van der Waals surface area contributed by atoms with E-state index in [9.17, 15) is 9.50 Å². The van der Waals surface area contributed by atoms with Crippen molar-refractivity contribution in [1.29, 1.82) is 0 Å². The van der Waals surface area contributed by atoms with E-state index in [1.807, 2.05) is 24.3 Å². The van der Waals surface area contributed by atoms with Crippen molar-refractivity contribution in [2.45, 2.75) is 18.6 Å². The van der Waals surface area contributed by atoms with Gasteiger partial charge in [0, 0.05) is 12.0 Å². The van der Waals surface area contributed by atoms with Gasteiger partial charge in [-0.25, -0.2) is 4.39 Å². The van der Waals surface area contributed by atoms with Crippen LogP contribution in [-0.4, -0.2) is 24.2 Å². The molecule has 0 saturated heterocycles. The quantitative estimate of drug-likeness (QED) is 0.375. The molecule has 0 spiro atoms. The largest absolute Gasteiger partial charge is 0.493 e. The highest BCUT2D eigenvalue weighted by Crippen LogP contribution is 2.31. The zero-order chi connectivity index (χ0) is 16.9. The van der Waals surface area contributed by atoms with E-state index < -0.39 is 6.10 Å². The van der Waals surface area contributed by atoms with Gasteiger partial charge in [-0.1, -0.05) is 30.3 Å². The molecule has 0 aromatic heterocycles. The molecule has 3 rings (SSSR count). The number of hydrogen-bond donors (Lipinski definition) is 3. The number of halogens is 2. The van der Waals surface area contributed by atoms with Crippen LogP contribution in [0.4, 0.5) is 4.39 Å². The van der Waals surface area contributed by atoms with Crippen molar-refractivity contribution in [2.75, 3.05) is 13.2 Å². The summed E-state index contributed by atoms with van der Waals surface area (Å²) in [6.45, 7) is 0.718. The Morgan fingerprint density at radius 2 is 2.00 bits per heavy atom. The van der Waals surface area contributed by atoms with Crippen molar-refractivity contribution < 1.29 is 14.2 Å². The van der Waals surface area contributed by atoms with Crippen LogP contribution in [0.5, 0.6) is 5.75 Å². The van der Waals surface area contributed by atoms with Crippen LogP contribution in [0.3, 0.4) is 0 Å². The molecule has 4 N–H and O–H groups in total. The van der Waals surface area contributed by atoms with Crippen molar-refractivity contribution in [1.82, 2.24) is 5.32 Å². The third-order valence-electron chi connectivity index (χ3n) is 3.97. The van der Waals surface area contributed by atoms with Gasteiger partial charge in [0.15, 0.2) is 5.96 Å². The number of aliphatic hydroxyl groups excluding tert-OH is 1. The lowest BCUT2D eigenvalue weighted by molar-refractivity contribution is 0.187. The van der Waals surface area contributed by atoms with Crippen LogP contribution in [0.2, 0.25) is 0 Å². The zero-order valence-electron chi connectivity index (χ0n) is 13.6. The van der Waals surface area contributed by atoms with Crippen molar-refractivity contribution in [2.24, 2.45) is 10.7 Å². The molecule has 0 fully saturated rings. The van der Waals surface area contributed by atoms with E-state index in [0.29, 0.717) is 12.2 Å². The Morgan fingerprint density at radius 1 is 1.28 bits per heavy atom. The zero-order valence-corrected chi connectivity index (χ0v) is 15.9. The van der Waals surface area contributed by atoms with Gasteiger partial charge >= 0.3 is 0 Å². The summed E-state index contributed by atoms with van der Waals surface area (Å²) in [4.78, 5) is 4.19. The first kappa shape index (κ1) is 19.5. The average molecular weight is 457 g/mol. The molecule has 2 aromatic carbocycles. The van der Waals surface area contributed by atoms with Gasteiger partial charge < -0.3 is 20.9 Å². The van der Waals surface area contributed by atoms with E-state index in [-0.39, 0.29) is 48.3 Å². The van der Waals surface area contributed by atoms with Crippen LogP contribution in [0.1, 0.15) is 29.7 Å². The fraction of sp³-hybridized carbons (Fsp3) is 0.278. The molecule has 0 bridgehead atoms. The summed E-state index contributed by atoms with van der Waals surface area (Å²) in [5.74, 6) is 0.770. The normalized spacial score (nSPS) is 17.7. The Morgan fingerprint density at radius 3 is 2.76 bits per heavy atom. The number of aliphatic imine (C=N–C) groups is 1. The lowest BCUT2D eigenvalue weighted by Gasteiger charge is -2.27. The summed E-state index contributed by atoms with van der Waals surface area (Å²) in [5.41, 5.74) is 7.58. The number of para-hydroxylation sites is 1. The third-order valence-corrected chi connectivity index (χ3v) is 3.97. The molecular weight excluding hydrogens is 436 g/mol. The first-order valence-electron chi connectivity index (χ1n) is 7.85. The number of nitrogens with zero attached hydrogens (tertiary/aromatic N) is 1. The van der Waals surface area contributed by atoms with Gasteiger partial charge in [0.2, 0.25) is 0 Å². The molecule has 134 valence electrons. The molecule has 7 heteroatoms. The van der Waals surface area contributed by atoms with Gasteiger partial charge in [0.05, 0.1) is 25.3 Å². The van der Waals surface area contributed by atoms with Crippen LogP contribution in [0, 0.1) is 5.82 Å². The fourth-order valence-corrected chi connectivity index (χ4v) is 2.69. The van der Waals surface area contributed by atoms with E-state index in [1.165, 1.54) is 24.3 Å². The van der Waals surface area contributed by atoms with Gasteiger partial charge in [0.1, 0.15) is 11.6 Å². The minimum absolute atomic E-state index is 0. The fourth-order valence-electron chi connectivity index (χ4n) is 2.69. The molecule has 0 aliphatic carbocycles.